The van der Waals surface area contributed by atoms with Crippen molar-refractivity contribution >= 4 is 21.8 Å². The Balaban J connectivity index is 1.82. The molecule has 2 heterocycles. The summed E-state index contributed by atoms with van der Waals surface area (Å²) in [6, 6.07) is 1.51. The number of pyridine rings is 1. The van der Waals surface area contributed by atoms with E-state index in [1.165, 1.54) is 25.7 Å². The van der Waals surface area contributed by atoms with Crippen molar-refractivity contribution in [2.75, 3.05) is 33.3 Å². The number of likely N-dealkylation sites (N-methyl/N-ethyl adjacent to an activating group) is 1. The van der Waals surface area contributed by atoms with Gasteiger partial charge in [0.25, 0.3) is 5.91 Å². The zero-order valence-electron chi connectivity index (χ0n) is 17.1. The molecule has 0 unspecified atom stereocenters. The molecule has 2 aliphatic rings. The first-order valence-electron chi connectivity index (χ1n) is 10.3. The summed E-state index contributed by atoms with van der Waals surface area (Å²) in [6.45, 7) is 6.35. The summed E-state index contributed by atoms with van der Waals surface area (Å²) in [6.07, 6.45) is 6.92. The minimum absolute atomic E-state index is 0.0671. The highest BCUT2D eigenvalue weighted by Crippen LogP contribution is 2.29. The molecule has 0 aromatic carbocycles. The second-order valence-corrected chi connectivity index (χ2v) is 9.42. The number of aliphatic hydroxyl groups excluding tert-OH is 1. The van der Waals surface area contributed by atoms with Crippen LogP contribution in [0.1, 0.15) is 49.9 Å². The number of amides is 1. The van der Waals surface area contributed by atoms with Crippen LogP contribution in [0.2, 0.25) is 0 Å². The molecule has 6 nitrogen and oxygen atoms in total. The average Bonchev–Trinajstić information content (AvgIpc) is 3.17. The molecular formula is C21H32BrN3O3. The Bertz CT molecular complexity index is 681. The predicted molar refractivity (Wildman–Crippen MR) is 113 cm³/mol. The van der Waals surface area contributed by atoms with E-state index in [9.17, 15) is 9.90 Å². The molecule has 1 saturated carbocycles. The van der Waals surface area contributed by atoms with E-state index >= 15 is 0 Å². The number of aromatic nitrogens is 1. The van der Waals surface area contributed by atoms with Crippen LogP contribution in [0.25, 0.3) is 0 Å². The SMILES string of the molecule is C[C@H]1CN([C@@H](C)CO)C(=O)c2cc(Br)cnc2O[C@H]1CN(C)CC1CCCC1. The molecule has 0 bridgehead atoms. The number of nitrogens with zero attached hydrogens (tertiary/aromatic N) is 3. The highest BCUT2D eigenvalue weighted by Gasteiger charge is 2.34. The van der Waals surface area contributed by atoms with Crippen LogP contribution in [0.4, 0.5) is 0 Å². The third-order valence-electron chi connectivity index (χ3n) is 6.02. The van der Waals surface area contributed by atoms with Crippen molar-refractivity contribution in [3.63, 3.8) is 0 Å². The van der Waals surface area contributed by atoms with Crippen LogP contribution in [-0.2, 0) is 0 Å². The number of carbonyl (C=O) groups excluding carboxylic acids is 1. The van der Waals surface area contributed by atoms with Gasteiger partial charge in [-0.25, -0.2) is 4.98 Å². The molecular weight excluding hydrogens is 422 g/mol. The third kappa shape index (κ3) is 5.05. The van der Waals surface area contributed by atoms with Crippen molar-refractivity contribution in [1.29, 1.82) is 0 Å². The molecule has 1 aliphatic carbocycles. The highest BCUT2D eigenvalue weighted by molar-refractivity contribution is 9.10. The molecule has 7 heteroatoms. The standard InChI is InChI=1S/C21H32BrN3O3/c1-14-10-25(15(2)13-26)21(27)18-8-17(22)9-23-20(18)28-19(14)12-24(3)11-16-6-4-5-7-16/h8-9,14-16,19,26H,4-7,10-13H2,1-3H3/t14-,15-,19-/m0/s1. The van der Waals surface area contributed by atoms with Crippen molar-refractivity contribution in [2.24, 2.45) is 11.8 Å². The number of hydrogen-bond acceptors (Lipinski definition) is 5. The summed E-state index contributed by atoms with van der Waals surface area (Å²) in [5.74, 6) is 1.15. The van der Waals surface area contributed by atoms with Gasteiger partial charge in [0.1, 0.15) is 11.7 Å². The molecule has 0 saturated heterocycles. The topological polar surface area (TPSA) is 65.9 Å². The molecule has 1 N–H and O–H groups in total. The molecule has 1 aromatic heterocycles. The van der Waals surface area contributed by atoms with Crippen LogP contribution in [-0.4, -0.2) is 71.2 Å². The van der Waals surface area contributed by atoms with Gasteiger partial charge in [0.15, 0.2) is 0 Å². The monoisotopic (exact) mass is 453 g/mol. The minimum Gasteiger partial charge on any atom is -0.472 e. The fourth-order valence-electron chi connectivity index (χ4n) is 4.31. The van der Waals surface area contributed by atoms with Gasteiger partial charge in [-0.15, -0.1) is 0 Å². The molecule has 0 spiro atoms. The van der Waals surface area contributed by atoms with Crippen molar-refractivity contribution in [3.8, 4) is 5.88 Å². The summed E-state index contributed by atoms with van der Waals surface area (Å²) in [7, 11) is 2.16. The first-order chi connectivity index (χ1) is 13.4. The lowest BCUT2D eigenvalue weighted by molar-refractivity contribution is 0.0319. The van der Waals surface area contributed by atoms with E-state index in [2.05, 4.69) is 39.8 Å². The molecule has 0 radical (unpaired) electrons. The van der Waals surface area contributed by atoms with Crippen LogP contribution < -0.4 is 4.74 Å². The van der Waals surface area contributed by atoms with Crippen LogP contribution in [0.3, 0.4) is 0 Å². The van der Waals surface area contributed by atoms with Crippen molar-refractivity contribution in [1.82, 2.24) is 14.8 Å². The highest BCUT2D eigenvalue weighted by atomic mass is 79.9. The quantitative estimate of drug-likeness (QED) is 0.716. The van der Waals surface area contributed by atoms with E-state index < -0.39 is 0 Å². The van der Waals surface area contributed by atoms with Crippen LogP contribution in [0, 0.1) is 11.8 Å². The fourth-order valence-corrected chi connectivity index (χ4v) is 4.64. The van der Waals surface area contributed by atoms with Crippen molar-refractivity contribution in [2.45, 2.75) is 51.7 Å². The lowest BCUT2D eigenvalue weighted by Crippen LogP contribution is -2.50. The van der Waals surface area contributed by atoms with E-state index in [4.69, 9.17) is 4.74 Å². The molecule has 1 fully saturated rings. The lowest BCUT2D eigenvalue weighted by atomic mass is 9.99. The van der Waals surface area contributed by atoms with Crippen LogP contribution >= 0.6 is 15.9 Å². The van der Waals surface area contributed by atoms with Crippen molar-refractivity contribution in [3.05, 3.63) is 22.3 Å². The molecule has 28 heavy (non-hydrogen) atoms. The van der Waals surface area contributed by atoms with E-state index in [0.717, 1.165) is 23.5 Å². The number of halogens is 1. The Hall–Kier alpha value is -1.18. The molecule has 1 aromatic rings. The van der Waals surface area contributed by atoms with E-state index in [0.29, 0.717) is 18.0 Å². The van der Waals surface area contributed by atoms with E-state index in [1.54, 1.807) is 17.2 Å². The van der Waals surface area contributed by atoms with Crippen LogP contribution in [0.5, 0.6) is 5.88 Å². The normalized spacial score (nSPS) is 24.6. The molecule has 156 valence electrons. The maximum absolute atomic E-state index is 13.1. The zero-order valence-corrected chi connectivity index (χ0v) is 18.7. The summed E-state index contributed by atoms with van der Waals surface area (Å²) < 4.78 is 7.03. The smallest absolute Gasteiger partial charge is 0.259 e. The fraction of sp³-hybridized carbons (Fsp3) is 0.714. The van der Waals surface area contributed by atoms with Gasteiger partial charge in [0, 0.05) is 36.2 Å². The largest absolute Gasteiger partial charge is 0.472 e. The van der Waals surface area contributed by atoms with Gasteiger partial charge in [-0.3, -0.25) is 4.79 Å². The number of rotatable bonds is 6. The van der Waals surface area contributed by atoms with Gasteiger partial charge < -0.3 is 19.6 Å². The summed E-state index contributed by atoms with van der Waals surface area (Å²) in [5, 5.41) is 9.67. The maximum Gasteiger partial charge on any atom is 0.259 e. The van der Waals surface area contributed by atoms with Gasteiger partial charge in [-0.2, -0.15) is 0 Å². The number of aliphatic hydroxyl groups is 1. The summed E-state index contributed by atoms with van der Waals surface area (Å²) in [5.41, 5.74) is 0.449. The zero-order chi connectivity index (χ0) is 20.3. The Morgan fingerprint density at radius 2 is 2.11 bits per heavy atom. The van der Waals surface area contributed by atoms with Crippen molar-refractivity contribution < 1.29 is 14.6 Å². The van der Waals surface area contributed by atoms with Gasteiger partial charge in [-0.05, 0) is 54.7 Å². The van der Waals surface area contributed by atoms with Crippen LogP contribution in [0.15, 0.2) is 16.7 Å². The number of hydrogen-bond donors (Lipinski definition) is 1. The Kier molecular flexibility index (Phi) is 7.34. The first kappa shape index (κ1) is 21.5. The number of fused-ring (bicyclic) bond motifs is 1. The molecule has 1 aliphatic heterocycles. The second kappa shape index (κ2) is 9.55. The Labute approximate surface area is 176 Å². The van der Waals surface area contributed by atoms with E-state index in [-0.39, 0.29) is 30.6 Å². The average molecular weight is 454 g/mol. The Morgan fingerprint density at radius 1 is 1.39 bits per heavy atom. The predicted octanol–water partition coefficient (Wildman–Crippen LogP) is 3.19. The number of carbonyl (C=O) groups is 1. The lowest BCUT2D eigenvalue weighted by Gasteiger charge is -2.38. The summed E-state index contributed by atoms with van der Waals surface area (Å²) >= 11 is 3.41. The number of ether oxygens (including phenoxy) is 1. The molecule has 1 amide bonds. The third-order valence-corrected chi connectivity index (χ3v) is 6.46. The van der Waals surface area contributed by atoms with Gasteiger partial charge in [0.05, 0.1) is 12.6 Å². The summed E-state index contributed by atoms with van der Waals surface area (Å²) in [4.78, 5) is 21.6. The maximum atomic E-state index is 13.1. The minimum atomic E-state index is -0.253. The van der Waals surface area contributed by atoms with Gasteiger partial charge >= 0.3 is 0 Å². The Morgan fingerprint density at radius 3 is 2.79 bits per heavy atom. The molecule has 3 atom stereocenters. The first-order valence-corrected chi connectivity index (χ1v) is 11.1. The second-order valence-electron chi connectivity index (χ2n) is 8.50. The van der Waals surface area contributed by atoms with Gasteiger partial charge in [0.2, 0.25) is 5.88 Å². The molecule has 3 rings (SSSR count). The van der Waals surface area contributed by atoms with E-state index in [1.807, 2.05) is 6.92 Å². The van der Waals surface area contributed by atoms with Gasteiger partial charge in [-0.1, -0.05) is 19.8 Å².